The lowest BCUT2D eigenvalue weighted by Crippen LogP contribution is -2.11. The molecule has 0 bridgehead atoms. The molecule has 104 valence electrons. The van der Waals surface area contributed by atoms with Gasteiger partial charge in [0.15, 0.2) is 0 Å². The summed E-state index contributed by atoms with van der Waals surface area (Å²) in [4.78, 5) is 4.36. The molecule has 20 heavy (non-hydrogen) atoms. The number of halogens is 1. The summed E-state index contributed by atoms with van der Waals surface area (Å²) in [5.74, 6) is 1.41. The zero-order chi connectivity index (χ0) is 14.4. The van der Waals surface area contributed by atoms with Gasteiger partial charge in [0.1, 0.15) is 29.7 Å². The Hall–Kier alpha value is -1.66. The Labute approximate surface area is 131 Å². The molecular formula is C14H13BrN2O2S. The number of thiocarbonyl (C=S) groups is 1. The maximum Gasteiger partial charge on any atom is 0.138 e. The molecule has 0 amide bonds. The van der Waals surface area contributed by atoms with Gasteiger partial charge in [-0.3, -0.25) is 4.98 Å². The summed E-state index contributed by atoms with van der Waals surface area (Å²) in [5, 5.41) is 0. The van der Waals surface area contributed by atoms with E-state index in [0.717, 1.165) is 10.0 Å². The van der Waals surface area contributed by atoms with Crippen molar-refractivity contribution in [3.8, 4) is 11.5 Å². The molecule has 0 spiro atoms. The van der Waals surface area contributed by atoms with Crippen LogP contribution in [0.1, 0.15) is 5.56 Å². The van der Waals surface area contributed by atoms with Crippen LogP contribution in [0.15, 0.2) is 47.2 Å². The van der Waals surface area contributed by atoms with Crippen molar-refractivity contribution in [1.29, 1.82) is 0 Å². The van der Waals surface area contributed by atoms with Crippen molar-refractivity contribution < 1.29 is 9.47 Å². The minimum absolute atomic E-state index is 0.354. The zero-order valence-electron chi connectivity index (χ0n) is 10.6. The molecule has 0 radical (unpaired) electrons. The van der Waals surface area contributed by atoms with Crippen LogP contribution in [0.25, 0.3) is 0 Å². The molecule has 0 aliphatic rings. The van der Waals surface area contributed by atoms with Crippen molar-refractivity contribution in [2.45, 2.75) is 0 Å². The van der Waals surface area contributed by atoms with Crippen LogP contribution in [0.2, 0.25) is 0 Å². The molecule has 0 atom stereocenters. The quantitative estimate of drug-likeness (QED) is 0.639. The van der Waals surface area contributed by atoms with Gasteiger partial charge in [-0.15, -0.1) is 0 Å². The largest absolute Gasteiger partial charge is 0.490 e. The maximum atomic E-state index is 5.58. The van der Waals surface area contributed by atoms with Crippen molar-refractivity contribution in [2.24, 2.45) is 5.73 Å². The molecule has 2 N–H and O–H groups in total. The number of hydrogen-bond acceptors (Lipinski definition) is 4. The smallest absolute Gasteiger partial charge is 0.138 e. The van der Waals surface area contributed by atoms with Crippen LogP contribution in [0.3, 0.4) is 0 Å². The fraction of sp³-hybridized carbons (Fsp3) is 0.143. The van der Waals surface area contributed by atoms with Gasteiger partial charge in [-0.2, -0.15) is 0 Å². The zero-order valence-corrected chi connectivity index (χ0v) is 13.0. The number of hydrogen-bond donors (Lipinski definition) is 1. The highest BCUT2D eigenvalue weighted by atomic mass is 79.9. The Morgan fingerprint density at radius 1 is 1.15 bits per heavy atom. The number of pyridine rings is 1. The molecule has 0 unspecified atom stereocenters. The van der Waals surface area contributed by atoms with Gasteiger partial charge in [-0.05, 0) is 34.1 Å². The van der Waals surface area contributed by atoms with Gasteiger partial charge >= 0.3 is 0 Å². The summed E-state index contributed by atoms with van der Waals surface area (Å²) in [5.41, 5.74) is 6.35. The van der Waals surface area contributed by atoms with Gasteiger partial charge in [-0.1, -0.05) is 24.4 Å². The molecule has 0 fully saturated rings. The van der Waals surface area contributed by atoms with Gasteiger partial charge < -0.3 is 15.2 Å². The Kier molecular flexibility index (Phi) is 5.31. The van der Waals surface area contributed by atoms with Crippen LogP contribution in [0.5, 0.6) is 11.5 Å². The highest BCUT2D eigenvalue weighted by molar-refractivity contribution is 9.10. The van der Waals surface area contributed by atoms with Gasteiger partial charge in [0.2, 0.25) is 0 Å². The average Bonchev–Trinajstić information content (AvgIpc) is 2.44. The van der Waals surface area contributed by atoms with Gasteiger partial charge in [0, 0.05) is 16.2 Å². The summed E-state index contributed by atoms with van der Waals surface area (Å²) in [6, 6.07) is 9.20. The summed E-state index contributed by atoms with van der Waals surface area (Å²) in [7, 11) is 0. The predicted molar refractivity (Wildman–Crippen MR) is 85.3 cm³/mol. The third kappa shape index (κ3) is 4.47. The van der Waals surface area contributed by atoms with Crippen LogP contribution in [0, 0.1) is 0 Å². The topological polar surface area (TPSA) is 57.4 Å². The van der Waals surface area contributed by atoms with E-state index >= 15 is 0 Å². The minimum Gasteiger partial charge on any atom is -0.490 e. The standard InChI is InChI=1S/C14H13BrN2O2S/c15-11-7-13(9-17-8-11)19-5-4-18-12-3-1-2-10(6-12)14(16)20/h1-3,6-9H,4-5H2,(H2,16,20). The van der Waals surface area contributed by atoms with E-state index in [-0.39, 0.29) is 0 Å². The van der Waals surface area contributed by atoms with E-state index in [4.69, 9.17) is 27.4 Å². The molecule has 0 saturated heterocycles. The van der Waals surface area contributed by atoms with Gasteiger partial charge in [-0.25, -0.2) is 0 Å². The SMILES string of the molecule is NC(=S)c1cccc(OCCOc2cncc(Br)c2)c1. The second-order valence-electron chi connectivity index (χ2n) is 3.93. The molecule has 0 saturated carbocycles. The number of nitrogens with zero attached hydrogens (tertiary/aromatic N) is 1. The van der Waals surface area contributed by atoms with Gasteiger partial charge in [0.25, 0.3) is 0 Å². The molecule has 2 rings (SSSR count). The predicted octanol–water partition coefficient (Wildman–Crippen LogP) is 2.94. The van der Waals surface area contributed by atoms with Gasteiger partial charge in [0.05, 0.1) is 6.20 Å². The van der Waals surface area contributed by atoms with Crippen molar-refractivity contribution in [2.75, 3.05) is 13.2 Å². The Morgan fingerprint density at radius 2 is 1.90 bits per heavy atom. The molecule has 1 aromatic carbocycles. The maximum absolute atomic E-state index is 5.58. The van der Waals surface area contributed by atoms with Crippen molar-refractivity contribution in [1.82, 2.24) is 4.98 Å². The minimum atomic E-state index is 0.354. The van der Waals surface area contributed by atoms with E-state index < -0.39 is 0 Å². The molecular weight excluding hydrogens is 340 g/mol. The highest BCUT2D eigenvalue weighted by Gasteiger charge is 2.00. The monoisotopic (exact) mass is 352 g/mol. The van der Waals surface area contributed by atoms with Crippen molar-refractivity contribution >= 4 is 33.1 Å². The Balaban J connectivity index is 1.81. The van der Waals surface area contributed by atoms with Crippen LogP contribution in [-0.4, -0.2) is 23.2 Å². The van der Waals surface area contributed by atoms with Crippen LogP contribution < -0.4 is 15.2 Å². The van der Waals surface area contributed by atoms with E-state index in [2.05, 4.69) is 20.9 Å². The van der Waals surface area contributed by atoms with Crippen LogP contribution >= 0.6 is 28.1 Å². The fourth-order valence-electron chi connectivity index (χ4n) is 1.53. The first-order chi connectivity index (χ1) is 9.65. The molecule has 2 aromatic rings. The van der Waals surface area contributed by atoms with Crippen LogP contribution in [-0.2, 0) is 0 Å². The lowest BCUT2D eigenvalue weighted by Gasteiger charge is -2.09. The summed E-state index contributed by atoms with van der Waals surface area (Å²) in [6.45, 7) is 0.850. The normalized spacial score (nSPS) is 10.1. The number of aromatic nitrogens is 1. The number of rotatable bonds is 6. The van der Waals surface area contributed by atoms with E-state index in [0.29, 0.717) is 29.7 Å². The third-order valence-electron chi connectivity index (χ3n) is 2.42. The van der Waals surface area contributed by atoms with Crippen molar-refractivity contribution in [3.05, 3.63) is 52.8 Å². The molecule has 1 heterocycles. The number of benzene rings is 1. The molecule has 0 aliphatic carbocycles. The first-order valence-corrected chi connectivity index (χ1v) is 7.11. The number of nitrogens with two attached hydrogens (primary N) is 1. The lowest BCUT2D eigenvalue weighted by molar-refractivity contribution is 0.216. The van der Waals surface area contributed by atoms with E-state index in [9.17, 15) is 0 Å². The fourth-order valence-corrected chi connectivity index (χ4v) is 2.00. The Morgan fingerprint density at radius 3 is 2.60 bits per heavy atom. The lowest BCUT2D eigenvalue weighted by atomic mass is 10.2. The Bertz CT molecular complexity index is 607. The van der Waals surface area contributed by atoms with E-state index in [1.165, 1.54) is 0 Å². The summed E-state index contributed by atoms with van der Waals surface area (Å²) >= 11 is 8.25. The highest BCUT2D eigenvalue weighted by Crippen LogP contribution is 2.16. The summed E-state index contributed by atoms with van der Waals surface area (Å²) < 4.78 is 12.0. The molecule has 1 aromatic heterocycles. The van der Waals surface area contributed by atoms with E-state index in [1.807, 2.05) is 30.3 Å². The first kappa shape index (κ1) is 14.7. The molecule has 4 nitrogen and oxygen atoms in total. The first-order valence-electron chi connectivity index (χ1n) is 5.91. The van der Waals surface area contributed by atoms with Crippen LogP contribution in [0.4, 0.5) is 0 Å². The second-order valence-corrected chi connectivity index (χ2v) is 5.28. The summed E-state index contributed by atoms with van der Waals surface area (Å²) in [6.07, 6.45) is 3.35. The molecule has 0 aliphatic heterocycles. The van der Waals surface area contributed by atoms with Crippen molar-refractivity contribution in [3.63, 3.8) is 0 Å². The van der Waals surface area contributed by atoms with E-state index in [1.54, 1.807) is 12.4 Å². The average molecular weight is 353 g/mol. The number of ether oxygens (including phenoxy) is 2. The third-order valence-corrected chi connectivity index (χ3v) is 3.09. The molecule has 6 heteroatoms. The second kappa shape index (κ2) is 7.21.